The number of halogens is 1. The Kier molecular flexibility index (Phi) is 9.48. The summed E-state index contributed by atoms with van der Waals surface area (Å²) >= 11 is 0. The SMILES string of the molecule is CCNC(=NCC(=O)NC(C)(C)C)N1CCN(C(C)=O)CC1.I. The van der Waals surface area contributed by atoms with E-state index in [0.29, 0.717) is 13.1 Å². The van der Waals surface area contributed by atoms with Gasteiger partial charge in [0.2, 0.25) is 11.8 Å². The van der Waals surface area contributed by atoms with Crippen molar-refractivity contribution in [2.45, 2.75) is 40.2 Å². The lowest BCUT2D eigenvalue weighted by molar-refractivity contribution is -0.130. The molecule has 0 aliphatic carbocycles. The minimum absolute atomic E-state index is 0. The van der Waals surface area contributed by atoms with E-state index in [-0.39, 0.29) is 47.9 Å². The van der Waals surface area contributed by atoms with Crippen molar-refractivity contribution in [3.8, 4) is 0 Å². The van der Waals surface area contributed by atoms with Crippen LogP contribution >= 0.6 is 24.0 Å². The van der Waals surface area contributed by atoms with Gasteiger partial charge in [-0.05, 0) is 27.7 Å². The first-order valence-corrected chi connectivity index (χ1v) is 7.82. The molecule has 0 radical (unpaired) electrons. The summed E-state index contributed by atoms with van der Waals surface area (Å²) in [6.45, 7) is 13.1. The zero-order valence-electron chi connectivity index (χ0n) is 14.8. The van der Waals surface area contributed by atoms with E-state index >= 15 is 0 Å². The molecule has 134 valence electrons. The van der Waals surface area contributed by atoms with E-state index in [9.17, 15) is 9.59 Å². The van der Waals surface area contributed by atoms with Crippen LogP contribution < -0.4 is 10.6 Å². The highest BCUT2D eigenvalue weighted by molar-refractivity contribution is 14.0. The summed E-state index contributed by atoms with van der Waals surface area (Å²) in [6.07, 6.45) is 0. The molecule has 0 saturated carbocycles. The van der Waals surface area contributed by atoms with Gasteiger partial charge < -0.3 is 20.4 Å². The lowest BCUT2D eigenvalue weighted by Gasteiger charge is -2.36. The number of carbonyl (C=O) groups is 2. The molecule has 1 aliphatic rings. The molecular weight excluding hydrogens is 409 g/mol. The van der Waals surface area contributed by atoms with Crippen LogP contribution in [0.5, 0.6) is 0 Å². The molecule has 0 bridgehead atoms. The molecule has 0 aromatic carbocycles. The molecule has 1 heterocycles. The largest absolute Gasteiger partial charge is 0.357 e. The van der Waals surface area contributed by atoms with Crippen molar-refractivity contribution in [1.29, 1.82) is 0 Å². The quantitative estimate of drug-likeness (QED) is 0.385. The monoisotopic (exact) mass is 439 g/mol. The van der Waals surface area contributed by atoms with Crippen LogP contribution in [0.15, 0.2) is 4.99 Å². The summed E-state index contributed by atoms with van der Waals surface area (Å²) in [4.78, 5) is 31.6. The fourth-order valence-electron chi connectivity index (χ4n) is 2.26. The topological polar surface area (TPSA) is 77.0 Å². The van der Waals surface area contributed by atoms with Crippen LogP contribution in [-0.2, 0) is 9.59 Å². The third-order valence-electron chi connectivity index (χ3n) is 3.25. The maximum absolute atomic E-state index is 11.9. The van der Waals surface area contributed by atoms with Crippen LogP contribution in [0.3, 0.4) is 0 Å². The number of nitrogens with zero attached hydrogens (tertiary/aromatic N) is 3. The first-order chi connectivity index (χ1) is 10.2. The molecule has 1 fully saturated rings. The van der Waals surface area contributed by atoms with Gasteiger partial charge in [0.25, 0.3) is 0 Å². The molecule has 2 N–H and O–H groups in total. The molecule has 7 nitrogen and oxygen atoms in total. The molecule has 1 rings (SSSR count). The first-order valence-electron chi connectivity index (χ1n) is 7.82. The number of aliphatic imine (C=N–C) groups is 1. The lowest BCUT2D eigenvalue weighted by Crippen LogP contribution is -2.53. The number of amides is 2. The summed E-state index contributed by atoms with van der Waals surface area (Å²) in [6, 6.07) is 0. The number of rotatable bonds is 3. The van der Waals surface area contributed by atoms with E-state index in [4.69, 9.17) is 0 Å². The van der Waals surface area contributed by atoms with Gasteiger partial charge in [0.1, 0.15) is 6.54 Å². The van der Waals surface area contributed by atoms with Crippen LogP contribution in [0.2, 0.25) is 0 Å². The smallest absolute Gasteiger partial charge is 0.242 e. The highest BCUT2D eigenvalue weighted by Gasteiger charge is 2.21. The number of hydrogen-bond acceptors (Lipinski definition) is 3. The Bertz CT molecular complexity index is 426. The standard InChI is InChI=1S/C15H29N5O2.HI/c1-6-16-14(17-11-13(22)18-15(3,4)5)20-9-7-19(8-10-20)12(2)21;/h6-11H2,1-5H3,(H,16,17)(H,18,22);1H. The normalized spacial score (nSPS) is 15.8. The fourth-order valence-corrected chi connectivity index (χ4v) is 2.26. The van der Waals surface area contributed by atoms with Crippen LogP contribution in [0.1, 0.15) is 34.6 Å². The Labute approximate surface area is 156 Å². The zero-order valence-corrected chi connectivity index (χ0v) is 17.1. The van der Waals surface area contributed by atoms with Crippen molar-refractivity contribution in [3.05, 3.63) is 0 Å². The number of carbonyl (C=O) groups excluding carboxylic acids is 2. The third-order valence-corrected chi connectivity index (χ3v) is 3.25. The second-order valence-corrected chi connectivity index (χ2v) is 6.46. The number of nitrogens with one attached hydrogen (secondary N) is 2. The van der Waals surface area contributed by atoms with Gasteiger partial charge in [0.15, 0.2) is 5.96 Å². The second-order valence-electron chi connectivity index (χ2n) is 6.46. The maximum Gasteiger partial charge on any atom is 0.242 e. The van der Waals surface area contributed by atoms with Crippen LogP contribution in [0.25, 0.3) is 0 Å². The number of hydrogen-bond donors (Lipinski definition) is 2. The minimum Gasteiger partial charge on any atom is -0.357 e. The van der Waals surface area contributed by atoms with E-state index in [1.165, 1.54) is 0 Å². The maximum atomic E-state index is 11.9. The third kappa shape index (κ3) is 8.38. The Morgan fingerprint density at radius 1 is 1.09 bits per heavy atom. The van der Waals surface area contributed by atoms with E-state index < -0.39 is 0 Å². The summed E-state index contributed by atoms with van der Waals surface area (Å²) in [7, 11) is 0. The first kappa shape index (κ1) is 21.9. The van der Waals surface area contributed by atoms with Gasteiger partial charge in [-0.1, -0.05) is 0 Å². The minimum atomic E-state index is -0.252. The molecule has 0 atom stereocenters. The molecular formula is C15H30IN5O2. The molecule has 0 aromatic rings. The molecule has 1 aliphatic heterocycles. The van der Waals surface area contributed by atoms with E-state index in [0.717, 1.165) is 25.6 Å². The average molecular weight is 439 g/mol. The van der Waals surface area contributed by atoms with E-state index in [2.05, 4.69) is 20.5 Å². The molecule has 0 unspecified atom stereocenters. The van der Waals surface area contributed by atoms with Crippen LogP contribution in [0, 0.1) is 0 Å². The molecule has 23 heavy (non-hydrogen) atoms. The Hall–Kier alpha value is -1.06. The summed E-state index contributed by atoms with van der Waals surface area (Å²) in [5, 5.41) is 6.10. The fraction of sp³-hybridized carbons (Fsp3) is 0.800. The summed E-state index contributed by atoms with van der Waals surface area (Å²) in [5.41, 5.74) is -0.252. The molecule has 1 saturated heterocycles. The zero-order chi connectivity index (χ0) is 16.8. The predicted octanol–water partition coefficient (Wildman–Crippen LogP) is 0.649. The lowest BCUT2D eigenvalue weighted by atomic mass is 10.1. The molecule has 0 aromatic heterocycles. The number of piperazine rings is 1. The van der Waals surface area contributed by atoms with Gasteiger partial charge in [0, 0.05) is 45.2 Å². The van der Waals surface area contributed by atoms with Gasteiger partial charge in [-0.15, -0.1) is 24.0 Å². The van der Waals surface area contributed by atoms with Gasteiger partial charge in [-0.25, -0.2) is 4.99 Å². The van der Waals surface area contributed by atoms with Gasteiger partial charge in [-0.2, -0.15) is 0 Å². The van der Waals surface area contributed by atoms with Crippen molar-refractivity contribution in [2.75, 3.05) is 39.3 Å². The van der Waals surface area contributed by atoms with Crippen LogP contribution in [-0.4, -0.2) is 72.4 Å². The van der Waals surface area contributed by atoms with Gasteiger partial charge in [0.05, 0.1) is 0 Å². The van der Waals surface area contributed by atoms with E-state index in [1.807, 2.05) is 32.6 Å². The Morgan fingerprint density at radius 3 is 2.04 bits per heavy atom. The van der Waals surface area contributed by atoms with E-state index in [1.54, 1.807) is 6.92 Å². The molecule has 0 spiro atoms. The summed E-state index contributed by atoms with van der Waals surface area (Å²) in [5.74, 6) is 0.742. The Morgan fingerprint density at radius 2 is 1.61 bits per heavy atom. The highest BCUT2D eigenvalue weighted by atomic mass is 127. The van der Waals surface area contributed by atoms with Gasteiger partial charge in [-0.3, -0.25) is 9.59 Å². The summed E-state index contributed by atoms with van der Waals surface area (Å²) < 4.78 is 0. The predicted molar refractivity (Wildman–Crippen MR) is 103 cm³/mol. The van der Waals surface area contributed by atoms with Crippen LogP contribution in [0.4, 0.5) is 0 Å². The van der Waals surface area contributed by atoms with Crippen molar-refractivity contribution >= 4 is 41.8 Å². The van der Waals surface area contributed by atoms with Gasteiger partial charge >= 0.3 is 0 Å². The van der Waals surface area contributed by atoms with Crippen molar-refractivity contribution in [3.63, 3.8) is 0 Å². The van der Waals surface area contributed by atoms with Crippen molar-refractivity contribution < 1.29 is 9.59 Å². The molecule has 8 heteroatoms. The highest BCUT2D eigenvalue weighted by Crippen LogP contribution is 2.03. The second kappa shape index (κ2) is 9.94. The Balaban J connectivity index is 0.00000484. The van der Waals surface area contributed by atoms with Crippen molar-refractivity contribution in [2.24, 2.45) is 4.99 Å². The number of guanidine groups is 1. The average Bonchev–Trinajstić information content (AvgIpc) is 2.41. The van der Waals surface area contributed by atoms with Crippen molar-refractivity contribution in [1.82, 2.24) is 20.4 Å². The molecule has 2 amide bonds.